The van der Waals surface area contributed by atoms with Gasteiger partial charge in [0.15, 0.2) is 0 Å². The van der Waals surface area contributed by atoms with Gasteiger partial charge in [0.2, 0.25) is 0 Å². The minimum absolute atomic E-state index is 0.457. The molecule has 0 radical (unpaired) electrons. The molecule has 0 heterocycles. The van der Waals surface area contributed by atoms with Gasteiger partial charge in [-0.25, -0.2) is 0 Å². The van der Waals surface area contributed by atoms with E-state index in [0.29, 0.717) is 6.04 Å². The van der Waals surface area contributed by atoms with Crippen molar-refractivity contribution < 1.29 is 4.79 Å². The average Bonchev–Trinajstić information content (AvgIpc) is 2.05. The third kappa shape index (κ3) is 2.02. The van der Waals surface area contributed by atoms with Crippen LogP contribution in [0.25, 0.3) is 0 Å². The van der Waals surface area contributed by atoms with Crippen molar-refractivity contribution in [2.75, 3.05) is 14.1 Å². The molecule has 11 heavy (non-hydrogen) atoms. The van der Waals surface area contributed by atoms with Crippen LogP contribution in [0, 0.1) is 0 Å². The summed E-state index contributed by atoms with van der Waals surface area (Å²) >= 11 is 0. The van der Waals surface area contributed by atoms with Crippen molar-refractivity contribution in [2.45, 2.75) is 12.5 Å². The molecule has 0 saturated carbocycles. The Morgan fingerprint density at radius 2 is 2.36 bits per heavy atom. The Balaban J connectivity index is 2.57. The van der Waals surface area contributed by atoms with Gasteiger partial charge in [0, 0.05) is 11.6 Å². The van der Waals surface area contributed by atoms with Crippen LogP contribution in [0.3, 0.4) is 0 Å². The van der Waals surface area contributed by atoms with E-state index in [4.69, 9.17) is 0 Å². The average molecular weight is 151 g/mol. The van der Waals surface area contributed by atoms with Gasteiger partial charge in [-0.05, 0) is 20.5 Å². The number of likely N-dealkylation sites (N-methyl/N-ethyl adjacent to an activating group) is 1. The van der Waals surface area contributed by atoms with E-state index in [0.717, 1.165) is 18.3 Å². The molecule has 1 rings (SSSR count). The molecule has 0 N–H and O–H groups in total. The minimum Gasteiger partial charge on any atom is -0.303 e. The van der Waals surface area contributed by atoms with E-state index in [1.165, 1.54) is 0 Å². The monoisotopic (exact) mass is 151 g/mol. The molecule has 0 aliphatic heterocycles. The van der Waals surface area contributed by atoms with Gasteiger partial charge in [0.1, 0.15) is 6.29 Å². The summed E-state index contributed by atoms with van der Waals surface area (Å²) in [5.74, 6) is 0. The Kier molecular flexibility index (Phi) is 2.60. The molecular weight excluding hydrogens is 138 g/mol. The molecule has 1 atom stereocenters. The number of rotatable bonds is 2. The molecule has 0 aromatic rings. The standard InChI is InChI=1S/C9H13NO/c1-10(2)9-5-3-8(7-11)4-6-9/h3-5,7,9H,6H2,1-2H3. The maximum Gasteiger partial charge on any atom is 0.149 e. The van der Waals surface area contributed by atoms with E-state index in [1.807, 2.05) is 26.2 Å². The van der Waals surface area contributed by atoms with Crippen LogP contribution in [0.15, 0.2) is 23.8 Å². The van der Waals surface area contributed by atoms with Crippen LogP contribution >= 0.6 is 0 Å². The molecule has 1 aliphatic rings. The van der Waals surface area contributed by atoms with Gasteiger partial charge in [0.25, 0.3) is 0 Å². The van der Waals surface area contributed by atoms with Gasteiger partial charge in [-0.1, -0.05) is 18.2 Å². The predicted molar refractivity (Wildman–Crippen MR) is 45.4 cm³/mol. The van der Waals surface area contributed by atoms with E-state index in [9.17, 15) is 4.79 Å². The Hall–Kier alpha value is -0.890. The zero-order valence-corrected chi connectivity index (χ0v) is 6.95. The van der Waals surface area contributed by atoms with Crippen molar-refractivity contribution in [3.8, 4) is 0 Å². The zero-order chi connectivity index (χ0) is 8.27. The molecule has 0 saturated heterocycles. The first kappa shape index (κ1) is 8.21. The van der Waals surface area contributed by atoms with Crippen LogP contribution in [0.2, 0.25) is 0 Å². The van der Waals surface area contributed by atoms with Gasteiger partial charge in [-0.3, -0.25) is 4.79 Å². The Labute approximate surface area is 67.2 Å². The maximum absolute atomic E-state index is 10.3. The molecule has 0 fully saturated rings. The van der Waals surface area contributed by atoms with Gasteiger partial charge in [-0.15, -0.1) is 0 Å². The van der Waals surface area contributed by atoms with E-state index >= 15 is 0 Å². The normalized spacial score (nSPS) is 23.5. The third-order valence-electron chi connectivity index (χ3n) is 1.91. The molecule has 2 heteroatoms. The topological polar surface area (TPSA) is 20.3 Å². The zero-order valence-electron chi connectivity index (χ0n) is 6.95. The first-order chi connectivity index (χ1) is 5.24. The molecule has 1 unspecified atom stereocenters. The first-order valence-corrected chi connectivity index (χ1v) is 3.74. The number of hydrogen-bond acceptors (Lipinski definition) is 2. The summed E-state index contributed by atoms with van der Waals surface area (Å²) in [7, 11) is 4.07. The molecular formula is C9H13NO. The first-order valence-electron chi connectivity index (χ1n) is 3.74. The Bertz CT molecular complexity index is 204. The van der Waals surface area contributed by atoms with Crippen LogP contribution in [0.4, 0.5) is 0 Å². The summed E-state index contributed by atoms with van der Waals surface area (Å²) in [4.78, 5) is 12.4. The highest BCUT2D eigenvalue weighted by Crippen LogP contribution is 2.11. The number of allylic oxidation sites excluding steroid dienone is 2. The van der Waals surface area contributed by atoms with Gasteiger partial charge in [-0.2, -0.15) is 0 Å². The molecule has 0 aromatic carbocycles. The van der Waals surface area contributed by atoms with E-state index in [1.54, 1.807) is 0 Å². The number of carbonyl (C=O) groups excluding carboxylic acids is 1. The smallest absolute Gasteiger partial charge is 0.149 e. The van der Waals surface area contributed by atoms with E-state index in [2.05, 4.69) is 11.0 Å². The van der Waals surface area contributed by atoms with Crippen LogP contribution in [-0.2, 0) is 4.79 Å². The van der Waals surface area contributed by atoms with Crippen LogP contribution < -0.4 is 0 Å². The summed E-state index contributed by atoms with van der Waals surface area (Å²) in [6.07, 6.45) is 7.74. The summed E-state index contributed by atoms with van der Waals surface area (Å²) in [5.41, 5.74) is 0.795. The lowest BCUT2D eigenvalue weighted by atomic mass is 10.0. The molecule has 0 aromatic heterocycles. The number of carbonyl (C=O) groups is 1. The second-order valence-electron chi connectivity index (χ2n) is 2.95. The van der Waals surface area contributed by atoms with Gasteiger partial charge < -0.3 is 4.90 Å². The van der Waals surface area contributed by atoms with E-state index < -0.39 is 0 Å². The lowest BCUT2D eigenvalue weighted by Crippen LogP contribution is -2.26. The number of aldehydes is 1. The highest BCUT2D eigenvalue weighted by molar-refractivity contribution is 5.77. The Morgan fingerprint density at radius 1 is 1.64 bits per heavy atom. The van der Waals surface area contributed by atoms with Crippen LogP contribution in [0.5, 0.6) is 0 Å². The molecule has 0 bridgehead atoms. The maximum atomic E-state index is 10.3. The summed E-state index contributed by atoms with van der Waals surface area (Å²) in [5, 5.41) is 0. The number of hydrogen-bond donors (Lipinski definition) is 0. The van der Waals surface area contributed by atoms with Crippen LogP contribution in [0.1, 0.15) is 6.42 Å². The van der Waals surface area contributed by atoms with Crippen LogP contribution in [-0.4, -0.2) is 31.3 Å². The van der Waals surface area contributed by atoms with Crippen molar-refractivity contribution in [1.29, 1.82) is 0 Å². The lowest BCUT2D eigenvalue weighted by molar-refractivity contribution is -0.104. The van der Waals surface area contributed by atoms with Crippen molar-refractivity contribution >= 4 is 6.29 Å². The van der Waals surface area contributed by atoms with E-state index in [-0.39, 0.29) is 0 Å². The second-order valence-corrected chi connectivity index (χ2v) is 2.95. The summed E-state index contributed by atoms with van der Waals surface area (Å²) < 4.78 is 0. The molecule has 0 spiro atoms. The Morgan fingerprint density at radius 3 is 2.73 bits per heavy atom. The van der Waals surface area contributed by atoms with Gasteiger partial charge in [0.05, 0.1) is 0 Å². The van der Waals surface area contributed by atoms with Crippen molar-refractivity contribution in [1.82, 2.24) is 4.90 Å². The van der Waals surface area contributed by atoms with Gasteiger partial charge >= 0.3 is 0 Å². The van der Waals surface area contributed by atoms with Crippen molar-refractivity contribution in [2.24, 2.45) is 0 Å². The fourth-order valence-corrected chi connectivity index (χ4v) is 1.10. The quantitative estimate of drug-likeness (QED) is 0.549. The second kappa shape index (κ2) is 3.49. The fourth-order valence-electron chi connectivity index (χ4n) is 1.10. The number of nitrogens with zero attached hydrogens (tertiary/aromatic N) is 1. The largest absolute Gasteiger partial charge is 0.303 e. The third-order valence-corrected chi connectivity index (χ3v) is 1.91. The fraction of sp³-hybridized carbons (Fsp3) is 0.444. The minimum atomic E-state index is 0.457. The highest BCUT2D eigenvalue weighted by atomic mass is 16.1. The summed E-state index contributed by atoms with van der Waals surface area (Å²) in [6.45, 7) is 0. The molecule has 0 amide bonds. The van der Waals surface area contributed by atoms with Crippen molar-refractivity contribution in [3.05, 3.63) is 23.8 Å². The molecule has 1 aliphatic carbocycles. The van der Waals surface area contributed by atoms with Crippen molar-refractivity contribution in [3.63, 3.8) is 0 Å². The summed E-state index contributed by atoms with van der Waals surface area (Å²) in [6, 6.07) is 0.457. The predicted octanol–water partition coefficient (Wildman–Crippen LogP) is 1.00. The SMILES string of the molecule is CN(C)C1C=CC(C=O)=CC1. The molecule has 60 valence electrons. The lowest BCUT2D eigenvalue weighted by Gasteiger charge is -2.21. The molecule has 2 nitrogen and oxygen atoms in total. The highest BCUT2D eigenvalue weighted by Gasteiger charge is 2.09.